The number of hydrogen-bond donors (Lipinski definition) is 2. The number of fused-ring (bicyclic) bond motifs is 1. The first-order valence-corrected chi connectivity index (χ1v) is 8.93. The van der Waals surface area contributed by atoms with E-state index in [1.807, 2.05) is 29.2 Å². The summed E-state index contributed by atoms with van der Waals surface area (Å²) < 4.78 is 19.3. The average molecular weight is 355 g/mol. The third kappa shape index (κ3) is 3.65. The Morgan fingerprint density at radius 1 is 1.19 bits per heavy atom. The van der Waals surface area contributed by atoms with Gasteiger partial charge in [0.1, 0.15) is 5.82 Å². The predicted molar refractivity (Wildman–Crippen MR) is 98.7 cm³/mol. The molecule has 6 heteroatoms. The Kier molecular flexibility index (Phi) is 4.75. The fourth-order valence-corrected chi connectivity index (χ4v) is 3.59. The highest BCUT2D eigenvalue weighted by Gasteiger charge is 2.24. The molecule has 2 aliphatic heterocycles. The van der Waals surface area contributed by atoms with E-state index in [1.54, 1.807) is 12.1 Å². The van der Waals surface area contributed by atoms with E-state index in [9.17, 15) is 9.18 Å². The van der Waals surface area contributed by atoms with Crippen molar-refractivity contribution in [3.8, 4) is 0 Å². The lowest BCUT2D eigenvalue weighted by atomic mass is 10.1. The molecule has 2 heterocycles. The topological polar surface area (TPSA) is 53.6 Å². The summed E-state index contributed by atoms with van der Waals surface area (Å²) in [4.78, 5) is 14.2. The molecule has 2 aliphatic rings. The van der Waals surface area contributed by atoms with Crippen LogP contribution in [0.1, 0.15) is 17.5 Å². The van der Waals surface area contributed by atoms with E-state index >= 15 is 0 Å². The summed E-state index contributed by atoms with van der Waals surface area (Å²) in [6.07, 6.45) is 0.935. The fourth-order valence-electron chi connectivity index (χ4n) is 3.59. The molecule has 1 saturated heterocycles. The number of amides is 2. The molecule has 26 heavy (non-hydrogen) atoms. The van der Waals surface area contributed by atoms with Crippen LogP contribution in [0.25, 0.3) is 0 Å². The van der Waals surface area contributed by atoms with Gasteiger partial charge in [-0.25, -0.2) is 9.18 Å². The Labute approximate surface area is 152 Å². The van der Waals surface area contributed by atoms with E-state index in [-0.39, 0.29) is 11.8 Å². The van der Waals surface area contributed by atoms with Gasteiger partial charge in [0.15, 0.2) is 0 Å². The minimum absolute atomic E-state index is 0.195. The number of urea groups is 1. The van der Waals surface area contributed by atoms with E-state index in [4.69, 9.17) is 4.74 Å². The zero-order valence-electron chi connectivity index (χ0n) is 14.5. The molecule has 0 bridgehead atoms. The number of carbonyl (C=O) groups excluding carboxylic acids is 1. The molecule has 1 unspecified atom stereocenters. The minimum Gasteiger partial charge on any atom is -0.372 e. The first-order valence-electron chi connectivity index (χ1n) is 8.93. The molecule has 2 amide bonds. The quantitative estimate of drug-likeness (QED) is 0.883. The lowest BCUT2D eigenvalue weighted by Gasteiger charge is -2.19. The van der Waals surface area contributed by atoms with Gasteiger partial charge in [-0.05, 0) is 47.7 Å². The van der Waals surface area contributed by atoms with Crippen LogP contribution in [0.5, 0.6) is 0 Å². The Bertz CT molecular complexity index is 811. The van der Waals surface area contributed by atoms with E-state index in [0.29, 0.717) is 31.4 Å². The minimum atomic E-state index is -0.215. The van der Waals surface area contributed by atoms with Crippen molar-refractivity contribution in [1.29, 1.82) is 0 Å². The van der Waals surface area contributed by atoms with Crippen molar-refractivity contribution in [3.63, 3.8) is 0 Å². The third-order valence-corrected chi connectivity index (χ3v) is 5.01. The molecule has 1 atom stereocenters. The SMILES string of the molecule is O=C(NCC1CCN(c2ccccc2F)C1)Nc1ccc2c(c1)COC2. The number of para-hydroxylation sites is 1. The van der Waals surface area contributed by atoms with Crippen molar-refractivity contribution < 1.29 is 13.9 Å². The number of nitrogens with one attached hydrogen (secondary N) is 2. The van der Waals surface area contributed by atoms with Gasteiger partial charge in [-0.1, -0.05) is 18.2 Å². The molecular formula is C20H22FN3O2. The standard InChI is InChI=1S/C20H22FN3O2/c21-18-3-1-2-4-19(18)24-8-7-14(11-24)10-22-20(25)23-17-6-5-15-12-26-13-16(15)9-17/h1-6,9,14H,7-8,10-13H2,(H2,22,23,25). The highest BCUT2D eigenvalue weighted by atomic mass is 19.1. The molecule has 136 valence electrons. The number of carbonyl (C=O) groups is 1. The summed E-state index contributed by atoms with van der Waals surface area (Å²) in [5, 5.41) is 5.79. The summed E-state index contributed by atoms with van der Waals surface area (Å²) in [7, 11) is 0. The summed E-state index contributed by atoms with van der Waals surface area (Å²) >= 11 is 0. The molecule has 2 aromatic rings. The van der Waals surface area contributed by atoms with Crippen LogP contribution in [0.3, 0.4) is 0 Å². The van der Waals surface area contributed by atoms with E-state index in [1.165, 1.54) is 11.6 Å². The number of hydrogen-bond acceptors (Lipinski definition) is 3. The van der Waals surface area contributed by atoms with Gasteiger partial charge in [0.25, 0.3) is 0 Å². The van der Waals surface area contributed by atoms with Gasteiger partial charge in [-0.15, -0.1) is 0 Å². The fraction of sp³-hybridized carbons (Fsp3) is 0.350. The Hall–Kier alpha value is -2.60. The second-order valence-corrected chi connectivity index (χ2v) is 6.86. The normalized spacial score (nSPS) is 18.7. The van der Waals surface area contributed by atoms with E-state index in [2.05, 4.69) is 10.6 Å². The number of benzene rings is 2. The molecular weight excluding hydrogens is 333 g/mol. The lowest BCUT2D eigenvalue weighted by molar-refractivity contribution is 0.134. The summed E-state index contributed by atoms with van der Waals surface area (Å²) in [5.41, 5.74) is 3.71. The van der Waals surface area contributed by atoms with Gasteiger partial charge >= 0.3 is 6.03 Å². The maximum absolute atomic E-state index is 13.9. The highest BCUT2D eigenvalue weighted by molar-refractivity contribution is 5.89. The van der Waals surface area contributed by atoms with Gasteiger partial charge in [0.2, 0.25) is 0 Å². The largest absolute Gasteiger partial charge is 0.372 e. The van der Waals surface area contributed by atoms with Crippen LogP contribution < -0.4 is 15.5 Å². The number of ether oxygens (including phenoxy) is 1. The monoisotopic (exact) mass is 355 g/mol. The molecule has 2 aromatic carbocycles. The van der Waals surface area contributed by atoms with Crippen LogP contribution in [-0.2, 0) is 18.0 Å². The Balaban J connectivity index is 1.27. The third-order valence-electron chi connectivity index (χ3n) is 5.01. The van der Waals surface area contributed by atoms with Gasteiger partial charge in [-0.2, -0.15) is 0 Å². The maximum Gasteiger partial charge on any atom is 0.319 e. The molecule has 0 radical (unpaired) electrons. The van der Waals surface area contributed by atoms with Crippen LogP contribution in [0.2, 0.25) is 0 Å². The molecule has 0 aromatic heterocycles. The summed E-state index contributed by atoms with van der Waals surface area (Å²) in [6.45, 7) is 3.37. The van der Waals surface area contributed by atoms with Crippen molar-refractivity contribution in [2.45, 2.75) is 19.6 Å². The van der Waals surface area contributed by atoms with Crippen molar-refractivity contribution in [3.05, 3.63) is 59.4 Å². The molecule has 0 aliphatic carbocycles. The summed E-state index contributed by atoms with van der Waals surface area (Å²) in [5.74, 6) is 0.119. The van der Waals surface area contributed by atoms with Crippen molar-refractivity contribution >= 4 is 17.4 Å². The van der Waals surface area contributed by atoms with Gasteiger partial charge in [0, 0.05) is 25.3 Å². The maximum atomic E-state index is 13.9. The molecule has 5 nitrogen and oxygen atoms in total. The van der Waals surface area contributed by atoms with Gasteiger partial charge in [-0.3, -0.25) is 0 Å². The number of nitrogens with zero attached hydrogens (tertiary/aromatic N) is 1. The molecule has 1 fully saturated rings. The first kappa shape index (κ1) is 16.8. The van der Waals surface area contributed by atoms with Crippen LogP contribution >= 0.6 is 0 Å². The Morgan fingerprint density at radius 3 is 2.92 bits per heavy atom. The molecule has 2 N–H and O–H groups in total. The zero-order chi connectivity index (χ0) is 17.9. The Morgan fingerprint density at radius 2 is 2.04 bits per heavy atom. The van der Waals surface area contributed by atoms with Crippen molar-refractivity contribution in [2.24, 2.45) is 5.92 Å². The number of halogens is 1. The first-order chi connectivity index (χ1) is 12.7. The lowest BCUT2D eigenvalue weighted by Crippen LogP contribution is -2.34. The predicted octanol–water partition coefficient (Wildman–Crippen LogP) is 3.50. The van der Waals surface area contributed by atoms with Crippen LogP contribution in [0.4, 0.5) is 20.6 Å². The summed E-state index contributed by atoms with van der Waals surface area (Å²) in [6, 6.07) is 12.4. The molecule has 4 rings (SSSR count). The number of rotatable bonds is 4. The van der Waals surface area contributed by atoms with Crippen LogP contribution in [0, 0.1) is 11.7 Å². The van der Waals surface area contributed by atoms with Gasteiger partial charge < -0.3 is 20.3 Å². The van der Waals surface area contributed by atoms with Crippen LogP contribution in [0.15, 0.2) is 42.5 Å². The van der Waals surface area contributed by atoms with Crippen molar-refractivity contribution in [2.75, 3.05) is 29.9 Å². The average Bonchev–Trinajstić information content (AvgIpc) is 3.29. The van der Waals surface area contributed by atoms with Crippen LogP contribution in [-0.4, -0.2) is 25.7 Å². The van der Waals surface area contributed by atoms with E-state index in [0.717, 1.165) is 30.8 Å². The highest BCUT2D eigenvalue weighted by Crippen LogP contribution is 2.26. The smallest absolute Gasteiger partial charge is 0.319 e. The molecule has 0 spiro atoms. The van der Waals surface area contributed by atoms with E-state index < -0.39 is 0 Å². The zero-order valence-corrected chi connectivity index (χ0v) is 14.5. The number of anilines is 2. The van der Waals surface area contributed by atoms with Crippen molar-refractivity contribution in [1.82, 2.24) is 5.32 Å². The molecule has 0 saturated carbocycles. The second-order valence-electron chi connectivity index (χ2n) is 6.86. The second kappa shape index (κ2) is 7.33. The van der Waals surface area contributed by atoms with Gasteiger partial charge in [0.05, 0.1) is 18.9 Å².